The van der Waals surface area contributed by atoms with E-state index in [4.69, 9.17) is 10.5 Å². The third-order valence-corrected chi connectivity index (χ3v) is 2.64. The van der Waals surface area contributed by atoms with E-state index in [0.29, 0.717) is 18.1 Å². The summed E-state index contributed by atoms with van der Waals surface area (Å²) in [5, 5.41) is 6.75. The van der Waals surface area contributed by atoms with Gasteiger partial charge in [0.25, 0.3) is 5.91 Å². The summed E-state index contributed by atoms with van der Waals surface area (Å²) in [6.45, 7) is 0.584. The SMILES string of the molecule is Cn1cnc(CNC(=O)COc2ccccc2CN)n1. The lowest BCUT2D eigenvalue weighted by Gasteiger charge is -2.09. The van der Waals surface area contributed by atoms with Crippen LogP contribution in [-0.2, 0) is 24.9 Å². The van der Waals surface area contributed by atoms with E-state index in [1.54, 1.807) is 24.1 Å². The maximum absolute atomic E-state index is 11.7. The molecule has 2 rings (SSSR count). The van der Waals surface area contributed by atoms with E-state index >= 15 is 0 Å². The highest BCUT2D eigenvalue weighted by atomic mass is 16.5. The first-order valence-electron chi connectivity index (χ1n) is 6.21. The minimum Gasteiger partial charge on any atom is -0.483 e. The summed E-state index contributed by atoms with van der Waals surface area (Å²) < 4.78 is 7.02. The van der Waals surface area contributed by atoms with Crippen molar-refractivity contribution in [2.45, 2.75) is 13.1 Å². The zero-order chi connectivity index (χ0) is 14.4. The van der Waals surface area contributed by atoms with Crippen LogP contribution in [0.5, 0.6) is 5.75 Å². The Kier molecular flexibility index (Phi) is 4.67. The highest BCUT2D eigenvalue weighted by Gasteiger charge is 2.06. The van der Waals surface area contributed by atoms with Crippen LogP contribution in [0.3, 0.4) is 0 Å². The molecule has 1 aromatic carbocycles. The number of para-hydroxylation sites is 1. The quantitative estimate of drug-likeness (QED) is 0.772. The smallest absolute Gasteiger partial charge is 0.258 e. The summed E-state index contributed by atoms with van der Waals surface area (Å²) in [7, 11) is 1.77. The summed E-state index contributed by atoms with van der Waals surface area (Å²) in [6, 6.07) is 7.37. The van der Waals surface area contributed by atoms with Gasteiger partial charge >= 0.3 is 0 Å². The van der Waals surface area contributed by atoms with Crippen molar-refractivity contribution in [3.8, 4) is 5.75 Å². The van der Waals surface area contributed by atoms with Crippen LogP contribution >= 0.6 is 0 Å². The van der Waals surface area contributed by atoms with E-state index in [0.717, 1.165) is 5.56 Å². The van der Waals surface area contributed by atoms with Gasteiger partial charge in [0.05, 0.1) is 6.54 Å². The Morgan fingerprint density at radius 2 is 2.25 bits per heavy atom. The van der Waals surface area contributed by atoms with Gasteiger partial charge in [0.2, 0.25) is 0 Å². The molecule has 0 radical (unpaired) electrons. The van der Waals surface area contributed by atoms with Crippen molar-refractivity contribution in [1.82, 2.24) is 20.1 Å². The molecule has 0 saturated heterocycles. The summed E-state index contributed by atoms with van der Waals surface area (Å²) in [5.41, 5.74) is 6.46. The van der Waals surface area contributed by atoms with Crippen LogP contribution in [-0.4, -0.2) is 27.3 Å². The number of carbonyl (C=O) groups excluding carboxylic acids is 1. The number of nitrogens with two attached hydrogens (primary N) is 1. The number of rotatable bonds is 6. The molecule has 0 saturated carbocycles. The van der Waals surface area contributed by atoms with Crippen LogP contribution in [0.15, 0.2) is 30.6 Å². The molecule has 20 heavy (non-hydrogen) atoms. The molecule has 0 aliphatic rings. The summed E-state index contributed by atoms with van der Waals surface area (Å²) in [6.07, 6.45) is 1.58. The van der Waals surface area contributed by atoms with E-state index in [9.17, 15) is 4.79 Å². The summed E-state index contributed by atoms with van der Waals surface area (Å²) >= 11 is 0. The average molecular weight is 275 g/mol. The zero-order valence-corrected chi connectivity index (χ0v) is 11.2. The topological polar surface area (TPSA) is 95.1 Å². The molecule has 3 N–H and O–H groups in total. The predicted molar refractivity (Wildman–Crippen MR) is 72.7 cm³/mol. The number of aryl methyl sites for hydroxylation is 1. The Balaban J connectivity index is 1.80. The summed E-state index contributed by atoms with van der Waals surface area (Å²) in [5.74, 6) is 0.952. The van der Waals surface area contributed by atoms with Crippen molar-refractivity contribution in [2.24, 2.45) is 12.8 Å². The fraction of sp³-hybridized carbons (Fsp3) is 0.308. The van der Waals surface area contributed by atoms with Gasteiger partial charge in [0.1, 0.15) is 12.1 Å². The van der Waals surface area contributed by atoms with Crippen molar-refractivity contribution in [2.75, 3.05) is 6.61 Å². The standard InChI is InChI=1S/C13H17N5O2/c1-18-9-16-12(17-18)7-15-13(19)8-20-11-5-3-2-4-10(11)6-14/h2-5,9H,6-8,14H2,1H3,(H,15,19). The molecule has 2 aromatic rings. The molecule has 0 bridgehead atoms. The van der Waals surface area contributed by atoms with Crippen LogP contribution in [0.25, 0.3) is 0 Å². The predicted octanol–water partition coefficient (Wildman–Crippen LogP) is -0.0310. The Morgan fingerprint density at radius 3 is 2.95 bits per heavy atom. The number of hydrogen-bond acceptors (Lipinski definition) is 5. The second kappa shape index (κ2) is 6.67. The third kappa shape index (κ3) is 3.79. The lowest BCUT2D eigenvalue weighted by molar-refractivity contribution is -0.123. The maximum atomic E-state index is 11.7. The number of nitrogens with one attached hydrogen (secondary N) is 1. The number of carbonyl (C=O) groups is 1. The number of ether oxygens (including phenoxy) is 1. The van der Waals surface area contributed by atoms with Gasteiger partial charge in [-0.2, -0.15) is 5.10 Å². The monoisotopic (exact) mass is 275 g/mol. The number of nitrogens with zero attached hydrogens (tertiary/aromatic N) is 3. The van der Waals surface area contributed by atoms with Gasteiger partial charge in [0.15, 0.2) is 12.4 Å². The molecule has 1 amide bonds. The molecule has 1 heterocycles. The minimum atomic E-state index is -0.232. The second-order valence-corrected chi connectivity index (χ2v) is 4.21. The van der Waals surface area contributed by atoms with E-state index < -0.39 is 0 Å². The average Bonchev–Trinajstić information content (AvgIpc) is 2.89. The van der Waals surface area contributed by atoms with Crippen LogP contribution < -0.4 is 15.8 Å². The second-order valence-electron chi connectivity index (χ2n) is 4.21. The molecule has 0 spiro atoms. The van der Waals surface area contributed by atoms with E-state index in [-0.39, 0.29) is 19.1 Å². The van der Waals surface area contributed by atoms with E-state index in [1.165, 1.54) is 0 Å². The Labute approximate surface area is 116 Å². The van der Waals surface area contributed by atoms with Crippen molar-refractivity contribution >= 4 is 5.91 Å². The molecular weight excluding hydrogens is 258 g/mol. The number of aromatic nitrogens is 3. The van der Waals surface area contributed by atoms with Crippen molar-refractivity contribution < 1.29 is 9.53 Å². The molecule has 1 aromatic heterocycles. The van der Waals surface area contributed by atoms with Gasteiger partial charge in [0, 0.05) is 19.2 Å². The molecular formula is C13H17N5O2. The lowest BCUT2D eigenvalue weighted by Crippen LogP contribution is -2.29. The maximum Gasteiger partial charge on any atom is 0.258 e. The normalized spacial score (nSPS) is 10.3. The highest BCUT2D eigenvalue weighted by Crippen LogP contribution is 2.16. The molecule has 7 heteroatoms. The number of benzene rings is 1. The van der Waals surface area contributed by atoms with Crippen LogP contribution in [0, 0.1) is 0 Å². The molecule has 0 fully saturated rings. The van der Waals surface area contributed by atoms with E-state index in [2.05, 4.69) is 15.4 Å². The molecule has 7 nitrogen and oxygen atoms in total. The number of hydrogen-bond donors (Lipinski definition) is 2. The summed E-state index contributed by atoms with van der Waals surface area (Å²) in [4.78, 5) is 15.7. The van der Waals surface area contributed by atoms with Gasteiger partial charge in [-0.05, 0) is 6.07 Å². The van der Waals surface area contributed by atoms with E-state index in [1.807, 2.05) is 18.2 Å². The van der Waals surface area contributed by atoms with Gasteiger partial charge in [-0.3, -0.25) is 9.48 Å². The minimum absolute atomic E-state index is 0.0656. The first-order valence-corrected chi connectivity index (χ1v) is 6.21. The van der Waals surface area contributed by atoms with Gasteiger partial charge in [-0.15, -0.1) is 0 Å². The van der Waals surface area contributed by atoms with Crippen molar-refractivity contribution in [1.29, 1.82) is 0 Å². The molecule has 0 aliphatic carbocycles. The zero-order valence-electron chi connectivity index (χ0n) is 11.2. The van der Waals surface area contributed by atoms with Gasteiger partial charge < -0.3 is 15.8 Å². The van der Waals surface area contributed by atoms with Gasteiger partial charge in [-0.1, -0.05) is 18.2 Å². The lowest BCUT2D eigenvalue weighted by atomic mass is 10.2. The molecule has 0 unspecified atom stereocenters. The molecule has 0 atom stereocenters. The Morgan fingerprint density at radius 1 is 1.45 bits per heavy atom. The Hall–Kier alpha value is -2.41. The fourth-order valence-electron chi connectivity index (χ4n) is 1.65. The fourth-order valence-corrected chi connectivity index (χ4v) is 1.65. The van der Waals surface area contributed by atoms with Crippen molar-refractivity contribution in [3.05, 3.63) is 42.0 Å². The first kappa shape index (κ1) is 14.0. The molecule has 0 aliphatic heterocycles. The van der Waals surface area contributed by atoms with Gasteiger partial charge in [-0.25, -0.2) is 4.98 Å². The van der Waals surface area contributed by atoms with Crippen LogP contribution in [0.4, 0.5) is 0 Å². The van der Waals surface area contributed by atoms with Crippen LogP contribution in [0.2, 0.25) is 0 Å². The molecule has 106 valence electrons. The van der Waals surface area contributed by atoms with Crippen molar-refractivity contribution in [3.63, 3.8) is 0 Å². The highest BCUT2D eigenvalue weighted by molar-refractivity contribution is 5.77. The number of amides is 1. The first-order chi connectivity index (χ1) is 9.69. The Bertz CT molecular complexity index is 582. The largest absolute Gasteiger partial charge is 0.483 e. The third-order valence-electron chi connectivity index (χ3n) is 2.64. The van der Waals surface area contributed by atoms with Crippen LogP contribution in [0.1, 0.15) is 11.4 Å².